The number of aromatic carboxylic acids is 1. The van der Waals surface area contributed by atoms with E-state index in [0.717, 1.165) is 12.1 Å². The lowest BCUT2D eigenvalue weighted by molar-refractivity contribution is 0.0698. The maximum Gasteiger partial charge on any atom is 0.337 e. The van der Waals surface area contributed by atoms with Crippen molar-refractivity contribution in [2.75, 3.05) is 11.1 Å². The SMILES string of the molecule is Cn1cnc(CNc2cc(C(=O)O)c(N)cc2F)n1. The third-order valence-corrected chi connectivity index (χ3v) is 2.45. The summed E-state index contributed by atoms with van der Waals surface area (Å²) < 4.78 is 15.1. The first-order chi connectivity index (χ1) is 8.97. The highest BCUT2D eigenvalue weighted by Crippen LogP contribution is 2.22. The van der Waals surface area contributed by atoms with Gasteiger partial charge >= 0.3 is 5.97 Å². The van der Waals surface area contributed by atoms with Crippen LogP contribution in [0.15, 0.2) is 18.5 Å². The van der Waals surface area contributed by atoms with Gasteiger partial charge in [0.05, 0.1) is 17.8 Å². The van der Waals surface area contributed by atoms with Gasteiger partial charge in [-0.3, -0.25) is 4.68 Å². The van der Waals surface area contributed by atoms with Crippen LogP contribution >= 0.6 is 0 Å². The number of hydrogen-bond donors (Lipinski definition) is 3. The maximum absolute atomic E-state index is 13.6. The fourth-order valence-electron chi connectivity index (χ4n) is 1.55. The number of nitrogens with two attached hydrogens (primary N) is 1. The second-order valence-electron chi connectivity index (χ2n) is 3.91. The molecule has 4 N–H and O–H groups in total. The van der Waals surface area contributed by atoms with Crippen LogP contribution in [-0.4, -0.2) is 25.8 Å². The molecule has 100 valence electrons. The Labute approximate surface area is 107 Å². The molecular weight excluding hydrogens is 253 g/mol. The summed E-state index contributed by atoms with van der Waals surface area (Å²) in [6, 6.07) is 2.12. The predicted octanol–water partition coefficient (Wildman–Crippen LogP) is 0.847. The Morgan fingerprint density at radius 1 is 1.58 bits per heavy atom. The molecule has 0 saturated carbocycles. The van der Waals surface area contributed by atoms with Crippen LogP contribution in [0.4, 0.5) is 15.8 Å². The van der Waals surface area contributed by atoms with Crippen molar-refractivity contribution in [1.82, 2.24) is 14.8 Å². The van der Waals surface area contributed by atoms with Gasteiger partial charge in [0.15, 0.2) is 5.82 Å². The molecule has 19 heavy (non-hydrogen) atoms. The number of aromatic nitrogens is 3. The lowest BCUT2D eigenvalue weighted by atomic mass is 10.1. The van der Waals surface area contributed by atoms with Gasteiger partial charge in [-0.25, -0.2) is 14.2 Å². The van der Waals surface area contributed by atoms with Crippen LogP contribution in [0, 0.1) is 5.82 Å². The van der Waals surface area contributed by atoms with E-state index < -0.39 is 11.8 Å². The first-order valence-electron chi connectivity index (χ1n) is 5.38. The van der Waals surface area contributed by atoms with Crippen LogP contribution < -0.4 is 11.1 Å². The highest BCUT2D eigenvalue weighted by Gasteiger charge is 2.13. The molecule has 0 atom stereocenters. The fraction of sp³-hybridized carbons (Fsp3) is 0.182. The zero-order chi connectivity index (χ0) is 14.0. The monoisotopic (exact) mass is 265 g/mol. The van der Waals surface area contributed by atoms with E-state index in [1.165, 1.54) is 11.0 Å². The number of halogens is 1. The Hall–Kier alpha value is -2.64. The van der Waals surface area contributed by atoms with Crippen molar-refractivity contribution in [3.63, 3.8) is 0 Å². The molecule has 1 aromatic heterocycles. The van der Waals surface area contributed by atoms with Crippen molar-refractivity contribution in [3.8, 4) is 0 Å². The highest BCUT2D eigenvalue weighted by atomic mass is 19.1. The van der Waals surface area contributed by atoms with Crippen LogP contribution in [0.25, 0.3) is 0 Å². The van der Waals surface area contributed by atoms with Crippen LogP contribution in [0.3, 0.4) is 0 Å². The van der Waals surface area contributed by atoms with E-state index in [2.05, 4.69) is 15.4 Å². The summed E-state index contributed by atoms with van der Waals surface area (Å²) in [5, 5.41) is 15.7. The molecule has 0 bridgehead atoms. The molecule has 0 spiro atoms. The van der Waals surface area contributed by atoms with Gasteiger partial charge in [-0.2, -0.15) is 5.10 Å². The summed E-state index contributed by atoms with van der Waals surface area (Å²) in [4.78, 5) is 14.9. The van der Waals surface area contributed by atoms with Gasteiger partial charge in [0.25, 0.3) is 0 Å². The standard InChI is InChI=1S/C11H12FN5O2/c1-17-5-15-10(16-17)4-14-9-2-6(11(18)19)8(13)3-7(9)12/h2-3,5,14H,4,13H2,1H3,(H,18,19). The Morgan fingerprint density at radius 2 is 2.32 bits per heavy atom. The quantitative estimate of drug-likeness (QED) is 0.707. The molecule has 0 aliphatic heterocycles. The second kappa shape index (κ2) is 4.92. The molecule has 1 heterocycles. The Kier molecular flexibility index (Phi) is 3.32. The Morgan fingerprint density at radius 3 is 2.89 bits per heavy atom. The largest absolute Gasteiger partial charge is 0.478 e. The van der Waals surface area contributed by atoms with E-state index in [1.807, 2.05) is 0 Å². The van der Waals surface area contributed by atoms with Crippen molar-refractivity contribution in [3.05, 3.63) is 35.7 Å². The third kappa shape index (κ3) is 2.79. The molecule has 0 aliphatic carbocycles. The van der Waals surface area contributed by atoms with Crippen LogP contribution in [0.5, 0.6) is 0 Å². The summed E-state index contributed by atoms with van der Waals surface area (Å²) >= 11 is 0. The number of carbonyl (C=O) groups is 1. The average molecular weight is 265 g/mol. The Balaban J connectivity index is 2.20. The zero-order valence-electron chi connectivity index (χ0n) is 10.1. The number of nitrogens with zero attached hydrogens (tertiary/aromatic N) is 3. The minimum absolute atomic E-state index is 0.0408. The maximum atomic E-state index is 13.6. The smallest absolute Gasteiger partial charge is 0.337 e. The summed E-state index contributed by atoms with van der Waals surface area (Å²) in [6.45, 7) is 0.181. The van der Waals surface area contributed by atoms with E-state index in [-0.39, 0.29) is 23.5 Å². The molecule has 8 heteroatoms. The number of rotatable bonds is 4. The van der Waals surface area contributed by atoms with Crippen LogP contribution in [0.2, 0.25) is 0 Å². The van der Waals surface area contributed by atoms with Gasteiger partial charge in [-0.05, 0) is 12.1 Å². The van der Waals surface area contributed by atoms with Crippen molar-refractivity contribution in [2.24, 2.45) is 7.05 Å². The average Bonchev–Trinajstić information content (AvgIpc) is 2.73. The Bertz CT molecular complexity index is 626. The molecule has 0 unspecified atom stereocenters. The number of hydrogen-bond acceptors (Lipinski definition) is 5. The number of nitrogens with one attached hydrogen (secondary N) is 1. The van der Waals surface area contributed by atoms with Crippen molar-refractivity contribution in [2.45, 2.75) is 6.54 Å². The zero-order valence-corrected chi connectivity index (χ0v) is 10.1. The van der Waals surface area contributed by atoms with Gasteiger partial charge in [0, 0.05) is 12.7 Å². The van der Waals surface area contributed by atoms with E-state index in [4.69, 9.17) is 10.8 Å². The molecule has 2 aromatic rings. The van der Waals surface area contributed by atoms with Gasteiger partial charge in [0.1, 0.15) is 12.1 Å². The number of nitrogen functional groups attached to an aromatic ring is 1. The van der Waals surface area contributed by atoms with Gasteiger partial charge < -0.3 is 16.2 Å². The van der Waals surface area contributed by atoms with Gasteiger partial charge in [-0.1, -0.05) is 0 Å². The molecule has 2 rings (SSSR count). The van der Waals surface area contributed by atoms with E-state index in [0.29, 0.717) is 5.82 Å². The normalized spacial score (nSPS) is 10.4. The van der Waals surface area contributed by atoms with Crippen LogP contribution in [-0.2, 0) is 13.6 Å². The molecule has 0 aliphatic rings. The molecule has 7 nitrogen and oxygen atoms in total. The first-order valence-corrected chi connectivity index (χ1v) is 5.38. The minimum atomic E-state index is -1.21. The molecular formula is C11H12FN5O2. The first kappa shape index (κ1) is 12.8. The number of carboxylic acids is 1. The number of anilines is 2. The molecule has 0 fully saturated rings. The highest BCUT2D eigenvalue weighted by molar-refractivity contribution is 5.94. The lowest BCUT2D eigenvalue weighted by Crippen LogP contribution is -2.08. The minimum Gasteiger partial charge on any atom is -0.478 e. The summed E-state index contributed by atoms with van der Waals surface area (Å²) in [5.41, 5.74) is 5.19. The fourth-order valence-corrected chi connectivity index (χ4v) is 1.55. The molecule has 0 radical (unpaired) electrons. The predicted molar refractivity (Wildman–Crippen MR) is 66.1 cm³/mol. The van der Waals surface area contributed by atoms with Gasteiger partial charge in [0.2, 0.25) is 0 Å². The molecule has 0 amide bonds. The molecule has 1 aromatic carbocycles. The van der Waals surface area contributed by atoms with Gasteiger partial charge in [-0.15, -0.1) is 0 Å². The summed E-state index contributed by atoms with van der Waals surface area (Å²) in [7, 11) is 1.71. The number of benzene rings is 1. The second-order valence-corrected chi connectivity index (χ2v) is 3.91. The lowest BCUT2D eigenvalue weighted by Gasteiger charge is -2.08. The number of aryl methyl sites for hydroxylation is 1. The van der Waals surface area contributed by atoms with Crippen molar-refractivity contribution >= 4 is 17.3 Å². The summed E-state index contributed by atoms with van der Waals surface area (Å²) in [5.74, 6) is -1.37. The van der Waals surface area contributed by atoms with Crippen molar-refractivity contribution in [1.29, 1.82) is 0 Å². The third-order valence-electron chi connectivity index (χ3n) is 2.45. The van der Waals surface area contributed by atoms with E-state index >= 15 is 0 Å². The van der Waals surface area contributed by atoms with Crippen molar-refractivity contribution < 1.29 is 14.3 Å². The molecule has 0 saturated heterocycles. The topological polar surface area (TPSA) is 106 Å². The number of carboxylic acid groups (broad SMARTS) is 1. The van der Waals surface area contributed by atoms with E-state index in [1.54, 1.807) is 7.05 Å². The van der Waals surface area contributed by atoms with Crippen LogP contribution in [0.1, 0.15) is 16.2 Å². The summed E-state index contributed by atoms with van der Waals surface area (Å²) in [6.07, 6.45) is 1.51. The van der Waals surface area contributed by atoms with E-state index in [9.17, 15) is 9.18 Å².